The van der Waals surface area contributed by atoms with Crippen LogP contribution in [0.25, 0.3) is 0 Å². The van der Waals surface area contributed by atoms with E-state index in [1.165, 1.54) is 5.59 Å². The molecule has 0 amide bonds. The normalized spacial score (nSPS) is 11.1. The summed E-state index contributed by atoms with van der Waals surface area (Å²) >= 11 is 0. The minimum absolute atomic E-state index is 0.226. The van der Waals surface area contributed by atoms with Gasteiger partial charge in [-0.2, -0.15) is 8.42 Å². The number of hydrazine groups is 1. The molecule has 16 heavy (non-hydrogen) atoms. The molecule has 10 heteroatoms. The van der Waals surface area contributed by atoms with Gasteiger partial charge in [0.2, 0.25) is 0 Å². The van der Waals surface area contributed by atoms with Crippen LogP contribution >= 0.6 is 0 Å². The Morgan fingerprint density at radius 2 is 2.00 bits per heavy atom. The Kier molecular flexibility index (Phi) is 3.39. The van der Waals surface area contributed by atoms with Crippen LogP contribution in [0, 0.1) is 10.1 Å². The number of rotatable bonds is 4. The van der Waals surface area contributed by atoms with Crippen molar-refractivity contribution in [2.45, 2.75) is 4.90 Å². The van der Waals surface area contributed by atoms with E-state index in [1.807, 2.05) is 5.43 Å². The first-order valence-corrected chi connectivity index (χ1v) is 5.21. The van der Waals surface area contributed by atoms with E-state index in [1.54, 1.807) is 0 Å². The second-order valence-corrected chi connectivity index (χ2v) is 4.04. The van der Waals surface area contributed by atoms with Gasteiger partial charge in [-0.15, -0.1) is 5.59 Å². The van der Waals surface area contributed by atoms with E-state index in [9.17, 15) is 18.5 Å². The van der Waals surface area contributed by atoms with E-state index in [-0.39, 0.29) is 5.69 Å². The maximum absolute atomic E-state index is 10.9. The highest BCUT2D eigenvalue weighted by Gasteiger charge is 2.19. The van der Waals surface area contributed by atoms with E-state index >= 15 is 0 Å². The van der Waals surface area contributed by atoms with Crippen molar-refractivity contribution in [2.24, 2.45) is 0 Å². The number of nitro benzene ring substituents is 1. The smallest absolute Gasteiger partial charge is 0.296 e. The molecule has 0 spiro atoms. The van der Waals surface area contributed by atoms with Crippen LogP contribution in [-0.4, -0.2) is 23.1 Å². The highest BCUT2D eigenvalue weighted by atomic mass is 32.2. The molecule has 1 rings (SSSR count). The van der Waals surface area contributed by atoms with Crippen molar-refractivity contribution in [3.05, 3.63) is 28.3 Å². The largest absolute Gasteiger partial charge is 0.298 e. The molecule has 4 N–H and O–H groups in total. The molecule has 0 aromatic heterocycles. The zero-order chi connectivity index (χ0) is 12.3. The van der Waals surface area contributed by atoms with Gasteiger partial charge in [-0.05, 0) is 6.07 Å². The first kappa shape index (κ1) is 12.3. The molecular formula is C6H7N3O6S. The Hall–Kier alpha value is -1.75. The van der Waals surface area contributed by atoms with E-state index in [0.29, 0.717) is 6.07 Å². The van der Waals surface area contributed by atoms with Gasteiger partial charge in [-0.1, -0.05) is 0 Å². The van der Waals surface area contributed by atoms with Crippen molar-refractivity contribution in [2.75, 3.05) is 5.43 Å². The molecule has 0 aliphatic heterocycles. The number of nitrogens with one attached hydrogen (secondary N) is 2. The Labute approximate surface area is 89.5 Å². The second kappa shape index (κ2) is 4.40. The average molecular weight is 249 g/mol. The molecule has 0 unspecified atom stereocenters. The van der Waals surface area contributed by atoms with Gasteiger partial charge in [0.05, 0.1) is 10.6 Å². The first-order chi connectivity index (χ1) is 7.36. The summed E-state index contributed by atoms with van der Waals surface area (Å²) in [5.74, 6) is 0. The lowest BCUT2D eigenvalue weighted by Crippen LogP contribution is -2.18. The molecule has 0 saturated carbocycles. The Morgan fingerprint density at radius 1 is 1.38 bits per heavy atom. The summed E-state index contributed by atoms with van der Waals surface area (Å²) in [6.07, 6.45) is 0. The third-order valence-electron chi connectivity index (χ3n) is 1.64. The van der Waals surface area contributed by atoms with Gasteiger partial charge in [0.1, 0.15) is 4.90 Å². The van der Waals surface area contributed by atoms with Crippen molar-refractivity contribution in [1.82, 2.24) is 5.59 Å². The highest BCUT2D eigenvalue weighted by molar-refractivity contribution is 7.86. The van der Waals surface area contributed by atoms with Crippen molar-refractivity contribution >= 4 is 21.5 Å². The lowest BCUT2D eigenvalue weighted by Gasteiger charge is -2.07. The number of nitro groups is 1. The molecule has 0 atom stereocenters. The summed E-state index contributed by atoms with van der Waals surface area (Å²) in [7, 11) is -4.63. The van der Waals surface area contributed by atoms with Gasteiger partial charge in [0.25, 0.3) is 15.8 Å². The van der Waals surface area contributed by atoms with Crippen LogP contribution in [0.5, 0.6) is 0 Å². The molecule has 0 heterocycles. The van der Waals surface area contributed by atoms with Crippen LogP contribution in [0.15, 0.2) is 23.1 Å². The zero-order valence-electron chi connectivity index (χ0n) is 7.61. The lowest BCUT2D eigenvalue weighted by atomic mass is 10.3. The van der Waals surface area contributed by atoms with E-state index < -0.39 is 25.6 Å². The van der Waals surface area contributed by atoms with Crippen LogP contribution in [0.2, 0.25) is 0 Å². The summed E-state index contributed by atoms with van der Waals surface area (Å²) in [5.41, 5.74) is 2.71. The molecule has 0 fully saturated rings. The van der Waals surface area contributed by atoms with E-state index in [4.69, 9.17) is 9.76 Å². The van der Waals surface area contributed by atoms with Gasteiger partial charge in [0.15, 0.2) is 0 Å². The quantitative estimate of drug-likeness (QED) is 0.335. The van der Waals surface area contributed by atoms with Crippen LogP contribution in [0.3, 0.4) is 0 Å². The fourth-order valence-corrected chi connectivity index (χ4v) is 1.67. The lowest BCUT2D eigenvalue weighted by molar-refractivity contribution is -0.385. The molecule has 9 nitrogen and oxygen atoms in total. The zero-order valence-corrected chi connectivity index (χ0v) is 8.43. The topological polar surface area (TPSA) is 142 Å². The standard InChI is InChI=1S/C6H7N3O6S/c10-8-7-5-2-1-4(9(11)12)3-6(5)16(13,14)15/h1-3,7-8,10H,(H,13,14,15). The molecule has 0 bridgehead atoms. The van der Waals surface area contributed by atoms with Gasteiger partial charge < -0.3 is 0 Å². The van der Waals surface area contributed by atoms with Crippen LogP contribution in [0.4, 0.5) is 11.4 Å². The van der Waals surface area contributed by atoms with E-state index in [0.717, 1.165) is 12.1 Å². The number of benzene rings is 1. The van der Waals surface area contributed by atoms with Crippen molar-refractivity contribution in [3.8, 4) is 0 Å². The van der Waals surface area contributed by atoms with Crippen molar-refractivity contribution in [1.29, 1.82) is 0 Å². The van der Waals surface area contributed by atoms with Crippen molar-refractivity contribution in [3.63, 3.8) is 0 Å². The third kappa shape index (κ3) is 2.64. The summed E-state index contributed by atoms with van der Waals surface area (Å²) in [5, 5.41) is 18.7. The number of hydrogen-bond donors (Lipinski definition) is 4. The summed E-state index contributed by atoms with van der Waals surface area (Å²) < 4.78 is 30.6. The molecule has 88 valence electrons. The molecular weight excluding hydrogens is 242 g/mol. The first-order valence-electron chi connectivity index (χ1n) is 3.77. The molecule has 0 radical (unpaired) electrons. The third-order valence-corrected chi connectivity index (χ3v) is 2.54. The predicted molar refractivity (Wildman–Crippen MR) is 51.5 cm³/mol. The monoisotopic (exact) mass is 249 g/mol. The highest BCUT2D eigenvalue weighted by Crippen LogP contribution is 2.25. The summed E-state index contributed by atoms with van der Waals surface area (Å²) in [6.45, 7) is 0. The predicted octanol–water partition coefficient (Wildman–Crippen LogP) is 0.147. The van der Waals surface area contributed by atoms with Crippen molar-refractivity contribution < 1.29 is 23.1 Å². The van der Waals surface area contributed by atoms with Crippen LogP contribution in [-0.2, 0) is 10.1 Å². The number of anilines is 1. The van der Waals surface area contributed by atoms with E-state index in [2.05, 4.69) is 0 Å². The SMILES string of the molecule is O=[N+]([O-])c1ccc(NNO)c(S(=O)(=O)O)c1. The molecule has 0 aliphatic carbocycles. The summed E-state index contributed by atoms with van der Waals surface area (Å²) in [4.78, 5) is 8.86. The Morgan fingerprint density at radius 3 is 2.44 bits per heavy atom. The molecule has 1 aromatic carbocycles. The second-order valence-electron chi connectivity index (χ2n) is 2.65. The molecule has 1 aromatic rings. The van der Waals surface area contributed by atoms with Crippen LogP contribution in [0.1, 0.15) is 0 Å². The number of non-ortho nitro benzene ring substituents is 1. The fourth-order valence-electron chi connectivity index (χ4n) is 1.00. The minimum atomic E-state index is -4.63. The molecule has 0 saturated heterocycles. The number of nitrogens with zero attached hydrogens (tertiary/aromatic N) is 1. The molecule has 0 aliphatic rings. The maximum atomic E-state index is 10.9. The maximum Gasteiger partial charge on any atom is 0.296 e. The fraction of sp³-hybridized carbons (Fsp3) is 0. The average Bonchev–Trinajstić information content (AvgIpc) is 2.16. The summed E-state index contributed by atoms with van der Waals surface area (Å²) in [6, 6.07) is 2.69. The van der Waals surface area contributed by atoms with Crippen LogP contribution < -0.4 is 11.0 Å². The Bertz CT molecular complexity index is 513. The van der Waals surface area contributed by atoms with Gasteiger partial charge in [-0.3, -0.25) is 25.3 Å². The van der Waals surface area contributed by atoms with Gasteiger partial charge in [-0.25, -0.2) is 0 Å². The minimum Gasteiger partial charge on any atom is -0.298 e. The van der Waals surface area contributed by atoms with Gasteiger partial charge >= 0.3 is 0 Å². The number of hydrogen-bond acceptors (Lipinski definition) is 7. The Balaban J connectivity index is 3.39. The van der Waals surface area contributed by atoms with Gasteiger partial charge in [0, 0.05) is 12.1 Å².